The number of pyridine rings is 1. The van der Waals surface area contributed by atoms with E-state index >= 15 is 0 Å². The summed E-state index contributed by atoms with van der Waals surface area (Å²) in [6, 6.07) is 0.857. The van der Waals surface area contributed by atoms with E-state index in [0.717, 1.165) is 18.5 Å². The number of nitrogens with two attached hydrogens (primary N) is 1. The number of halogens is 3. The van der Waals surface area contributed by atoms with Gasteiger partial charge < -0.3 is 0 Å². The van der Waals surface area contributed by atoms with Crippen molar-refractivity contribution >= 4 is 10.0 Å². The molecule has 1 rings (SSSR count). The number of rotatable bonds is 2. The van der Waals surface area contributed by atoms with Gasteiger partial charge >= 0.3 is 6.18 Å². The highest BCUT2D eigenvalue weighted by Crippen LogP contribution is 2.21. The number of aromatic nitrogens is 1. The first-order chi connectivity index (χ1) is 6.68. The Morgan fingerprint density at radius 1 is 1.33 bits per heavy atom. The lowest BCUT2D eigenvalue weighted by Gasteiger charge is -2.06. The maximum atomic E-state index is 12.0. The van der Waals surface area contributed by atoms with E-state index < -0.39 is 27.5 Å². The van der Waals surface area contributed by atoms with Crippen molar-refractivity contribution in [3.63, 3.8) is 0 Å². The van der Waals surface area contributed by atoms with Gasteiger partial charge in [-0.3, -0.25) is 4.98 Å². The molecule has 0 spiro atoms. The minimum atomic E-state index is -4.40. The van der Waals surface area contributed by atoms with Crippen LogP contribution in [0.2, 0.25) is 0 Å². The molecule has 1 aromatic rings. The van der Waals surface area contributed by atoms with E-state index in [1.165, 1.54) is 0 Å². The molecule has 0 fully saturated rings. The Hall–Kier alpha value is -1.15. The summed E-state index contributed by atoms with van der Waals surface area (Å²) in [5, 5.41) is 4.74. The summed E-state index contributed by atoms with van der Waals surface area (Å²) in [5.74, 6) is 0. The molecule has 4 nitrogen and oxygen atoms in total. The van der Waals surface area contributed by atoms with Crippen molar-refractivity contribution in [3.05, 3.63) is 24.0 Å². The molecule has 15 heavy (non-hydrogen) atoms. The number of sulfonamides is 1. The zero-order valence-corrected chi connectivity index (χ0v) is 8.14. The summed E-state index contributed by atoms with van der Waals surface area (Å²) in [6.45, 7) is 0. The molecule has 84 valence electrons. The minimum Gasteiger partial charge on any atom is -0.263 e. The second-order valence-corrected chi connectivity index (χ2v) is 4.43. The standard InChI is InChI=1S/C7H7F3N2O2S/c8-7(9,10)2-5-1-6(4-12-3-5)15(11,13)14/h1,3-4H,2H2,(H2,11,13,14). The van der Waals surface area contributed by atoms with Crippen LogP contribution in [0.3, 0.4) is 0 Å². The second-order valence-electron chi connectivity index (χ2n) is 2.87. The van der Waals surface area contributed by atoms with Gasteiger partial charge in [0.15, 0.2) is 0 Å². The monoisotopic (exact) mass is 240 g/mol. The van der Waals surface area contributed by atoms with Crippen LogP contribution in [0.5, 0.6) is 0 Å². The quantitative estimate of drug-likeness (QED) is 0.832. The molecule has 1 heterocycles. The van der Waals surface area contributed by atoms with Crippen LogP contribution in [0.1, 0.15) is 5.56 Å². The number of hydrogen-bond donors (Lipinski definition) is 1. The third-order valence-corrected chi connectivity index (χ3v) is 2.38. The molecular weight excluding hydrogens is 233 g/mol. The Morgan fingerprint density at radius 2 is 1.93 bits per heavy atom. The Balaban J connectivity index is 3.04. The largest absolute Gasteiger partial charge is 0.393 e. The second kappa shape index (κ2) is 3.78. The molecule has 1 aromatic heterocycles. The highest BCUT2D eigenvalue weighted by Gasteiger charge is 2.28. The fourth-order valence-electron chi connectivity index (χ4n) is 0.947. The molecule has 0 atom stereocenters. The smallest absolute Gasteiger partial charge is 0.263 e. The maximum Gasteiger partial charge on any atom is 0.393 e. The van der Waals surface area contributed by atoms with Crippen LogP contribution in [0, 0.1) is 0 Å². The van der Waals surface area contributed by atoms with Gasteiger partial charge in [-0.2, -0.15) is 13.2 Å². The van der Waals surface area contributed by atoms with Crippen molar-refractivity contribution in [1.82, 2.24) is 4.98 Å². The summed E-state index contributed by atoms with van der Waals surface area (Å²) in [4.78, 5) is 2.95. The summed E-state index contributed by atoms with van der Waals surface area (Å²) in [5.41, 5.74) is -0.242. The highest BCUT2D eigenvalue weighted by molar-refractivity contribution is 7.89. The van der Waals surface area contributed by atoms with Crippen LogP contribution in [-0.2, 0) is 16.4 Å². The van der Waals surface area contributed by atoms with Crippen molar-refractivity contribution in [2.24, 2.45) is 5.14 Å². The van der Waals surface area contributed by atoms with Crippen LogP contribution >= 0.6 is 0 Å². The van der Waals surface area contributed by atoms with Crippen molar-refractivity contribution in [1.29, 1.82) is 0 Å². The molecule has 0 aliphatic rings. The summed E-state index contributed by atoms with van der Waals surface area (Å²) in [7, 11) is -4.01. The predicted molar refractivity (Wildman–Crippen MR) is 45.4 cm³/mol. The summed E-state index contributed by atoms with van der Waals surface area (Å²) >= 11 is 0. The van der Waals surface area contributed by atoms with E-state index in [2.05, 4.69) is 4.98 Å². The van der Waals surface area contributed by atoms with Gasteiger partial charge in [0.1, 0.15) is 4.90 Å². The molecule has 0 saturated carbocycles. The molecule has 2 N–H and O–H groups in total. The maximum absolute atomic E-state index is 12.0. The zero-order chi connectivity index (χ0) is 11.7. The van der Waals surface area contributed by atoms with Gasteiger partial charge in [-0.15, -0.1) is 0 Å². The van der Waals surface area contributed by atoms with Crippen LogP contribution in [0.4, 0.5) is 13.2 Å². The van der Waals surface area contributed by atoms with Crippen molar-refractivity contribution < 1.29 is 21.6 Å². The van der Waals surface area contributed by atoms with Gasteiger partial charge in [-0.1, -0.05) is 0 Å². The Morgan fingerprint density at radius 3 is 2.40 bits per heavy atom. The van der Waals surface area contributed by atoms with Gasteiger partial charge in [-0.05, 0) is 11.6 Å². The van der Waals surface area contributed by atoms with Crippen LogP contribution < -0.4 is 5.14 Å². The molecule has 0 aliphatic heterocycles. The van der Waals surface area contributed by atoms with Crippen LogP contribution in [-0.4, -0.2) is 19.6 Å². The fourth-order valence-corrected chi connectivity index (χ4v) is 1.47. The number of primary sulfonamides is 1. The van der Waals surface area contributed by atoms with Crippen LogP contribution in [0.25, 0.3) is 0 Å². The molecule has 0 aromatic carbocycles. The zero-order valence-electron chi connectivity index (χ0n) is 7.32. The molecular formula is C7H7F3N2O2S. The van der Waals surface area contributed by atoms with Crippen molar-refractivity contribution in [2.75, 3.05) is 0 Å². The molecule has 0 unspecified atom stereocenters. The molecule has 0 amide bonds. The molecule has 8 heteroatoms. The van der Waals surface area contributed by atoms with Gasteiger partial charge in [0.05, 0.1) is 6.42 Å². The first-order valence-electron chi connectivity index (χ1n) is 3.72. The van der Waals surface area contributed by atoms with Gasteiger partial charge in [0, 0.05) is 12.4 Å². The number of alkyl halides is 3. The minimum absolute atomic E-state index is 0.242. The Labute approximate surface area is 84.0 Å². The summed E-state index contributed by atoms with van der Waals surface area (Å²) < 4.78 is 57.5. The Kier molecular flexibility index (Phi) is 3.00. The SMILES string of the molecule is NS(=O)(=O)c1cncc(CC(F)(F)F)c1. The topological polar surface area (TPSA) is 73.1 Å². The lowest BCUT2D eigenvalue weighted by Crippen LogP contribution is -2.15. The third-order valence-electron chi connectivity index (χ3n) is 1.50. The lowest BCUT2D eigenvalue weighted by atomic mass is 10.2. The van der Waals surface area contributed by atoms with E-state index in [1.54, 1.807) is 0 Å². The first-order valence-corrected chi connectivity index (χ1v) is 5.26. The van der Waals surface area contributed by atoms with Gasteiger partial charge in [0.2, 0.25) is 10.0 Å². The van der Waals surface area contributed by atoms with Gasteiger partial charge in [0.25, 0.3) is 0 Å². The van der Waals surface area contributed by atoms with E-state index in [4.69, 9.17) is 5.14 Å². The third kappa shape index (κ3) is 3.84. The molecule has 0 bridgehead atoms. The average Bonchev–Trinajstić information content (AvgIpc) is 1.99. The molecule has 0 aliphatic carbocycles. The molecule has 0 saturated heterocycles. The predicted octanol–water partition coefficient (Wildman–Crippen LogP) is 0.834. The number of hydrogen-bond acceptors (Lipinski definition) is 3. The highest BCUT2D eigenvalue weighted by atomic mass is 32.2. The normalized spacial score (nSPS) is 12.8. The van der Waals surface area contributed by atoms with E-state index in [9.17, 15) is 21.6 Å². The molecule has 0 radical (unpaired) electrons. The fraction of sp³-hybridized carbons (Fsp3) is 0.286. The van der Waals surface area contributed by atoms with E-state index in [-0.39, 0.29) is 5.56 Å². The lowest BCUT2D eigenvalue weighted by molar-refractivity contribution is -0.127. The van der Waals surface area contributed by atoms with Crippen molar-refractivity contribution in [2.45, 2.75) is 17.5 Å². The average molecular weight is 240 g/mol. The Bertz CT molecular complexity index is 456. The number of nitrogens with zero attached hydrogens (tertiary/aromatic N) is 1. The van der Waals surface area contributed by atoms with Crippen molar-refractivity contribution in [3.8, 4) is 0 Å². The first kappa shape index (κ1) is 11.9. The van der Waals surface area contributed by atoms with Crippen LogP contribution in [0.15, 0.2) is 23.4 Å². The van der Waals surface area contributed by atoms with E-state index in [1.807, 2.05) is 0 Å². The van der Waals surface area contributed by atoms with E-state index in [0.29, 0.717) is 0 Å². The summed E-state index contributed by atoms with van der Waals surface area (Å²) in [6.07, 6.45) is -3.79. The van der Waals surface area contributed by atoms with Gasteiger partial charge in [-0.25, -0.2) is 13.6 Å².